The summed E-state index contributed by atoms with van der Waals surface area (Å²) in [6.45, 7) is 1.71. The molecule has 0 aliphatic carbocycles. The van der Waals surface area contributed by atoms with Crippen LogP contribution < -0.4 is 15.0 Å². The number of anilines is 2. The number of nitro benzene ring substituents is 1. The first kappa shape index (κ1) is 18.1. The maximum Gasteiger partial charge on any atom is 0.331 e. The summed E-state index contributed by atoms with van der Waals surface area (Å²) in [5.41, 5.74) is 1.90. The first-order chi connectivity index (χ1) is 12.3. The van der Waals surface area contributed by atoms with Gasteiger partial charge in [-0.15, -0.1) is 0 Å². The molecule has 0 unspecified atom stereocenters. The van der Waals surface area contributed by atoms with Crippen LogP contribution in [0.15, 0.2) is 36.4 Å². The summed E-state index contributed by atoms with van der Waals surface area (Å²) >= 11 is 2.19. The average molecular weight is 467 g/mol. The molecule has 0 bridgehead atoms. The quantitative estimate of drug-likeness (QED) is 0.244. The molecule has 2 aromatic carbocycles. The van der Waals surface area contributed by atoms with E-state index in [4.69, 9.17) is 4.74 Å². The SMILES string of the molecule is Cc1cc(I)ccc1NC(=O)CN1CC(=O)Oc2cc([N+](=O)[O-])ccc21. The fourth-order valence-corrected chi connectivity index (χ4v) is 3.27. The number of esters is 1. The van der Waals surface area contributed by atoms with Crippen molar-refractivity contribution in [3.8, 4) is 5.75 Å². The molecular weight excluding hydrogens is 453 g/mol. The molecule has 2 aromatic rings. The Balaban J connectivity index is 1.78. The van der Waals surface area contributed by atoms with Crippen molar-refractivity contribution in [2.75, 3.05) is 23.3 Å². The van der Waals surface area contributed by atoms with Crippen LogP contribution in [0.1, 0.15) is 5.56 Å². The van der Waals surface area contributed by atoms with Crippen LogP contribution in [0.25, 0.3) is 0 Å². The summed E-state index contributed by atoms with van der Waals surface area (Å²) in [6, 6.07) is 9.62. The van der Waals surface area contributed by atoms with Gasteiger partial charge in [0.05, 0.1) is 23.2 Å². The Kier molecular flexibility index (Phi) is 5.07. The lowest BCUT2D eigenvalue weighted by Crippen LogP contribution is -2.41. The molecule has 1 aliphatic rings. The molecule has 0 radical (unpaired) electrons. The summed E-state index contributed by atoms with van der Waals surface area (Å²) in [7, 11) is 0. The van der Waals surface area contributed by atoms with Gasteiger partial charge in [-0.25, -0.2) is 4.79 Å². The summed E-state index contributed by atoms with van der Waals surface area (Å²) in [4.78, 5) is 36.0. The molecule has 0 fully saturated rings. The fraction of sp³-hybridized carbons (Fsp3) is 0.176. The number of aryl methyl sites for hydroxylation is 1. The highest BCUT2D eigenvalue weighted by Gasteiger charge is 2.27. The van der Waals surface area contributed by atoms with Gasteiger partial charge in [-0.05, 0) is 59.3 Å². The number of halogens is 1. The lowest BCUT2D eigenvalue weighted by Gasteiger charge is -2.29. The minimum absolute atomic E-state index is 0.0775. The van der Waals surface area contributed by atoms with E-state index in [1.165, 1.54) is 23.1 Å². The van der Waals surface area contributed by atoms with E-state index in [0.29, 0.717) is 11.4 Å². The summed E-state index contributed by atoms with van der Waals surface area (Å²) in [5, 5.41) is 13.7. The topological polar surface area (TPSA) is 102 Å². The van der Waals surface area contributed by atoms with Crippen molar-refractivity contribution in [1.29, 1.82) is 0 Å². The van der Waals surface area contributed by atoms with E-state index in [1.807, 2.05) is 25.1 Å². The van der Waals surface area contributed by atoms with Crippen molar-refractivity contribution in [2.24, 2.45) is 0 Å². The molecule has 9 heteroatoms. The number of fused-ring (bicyclic) bond motifs is 1. The van der Waals surface area contributed by atoms with E-state index in [9.17, 15) is 19.7 Å². The molecule has 0 atom stereocenters. The van der Waals surface area contributed by atoms with Gasteiger partial charge >= 0.3 is 5.97 Å². The van der Waals surface area contributed by atoms with Crippen molar-refractivity contribution < 1.29 is 19.2 Å². The Morgan fingerprint density at radius 1 is 1.35 bits per heavy atom. The molecule has 0 saturated heterocycles. The first-order valence-electron chi connectivity index (χ1n) is 7.63. The standard InChI is InChI=1S/C17H14IN3O5/c1-10-6-11(18)2-4-13(10)19-16(22)8-20-9-17(23)26-15-7-12(21(24)25)3-5-14(15)20/h2-7H,8-9H2,1H3,(H,19,22). The zero-order valence-corrected chi connectivity index (χ0v) is 15.8. The smallest absolute Gasteiger partial charge is 0.331 e. The van der Waals surface area contributed by atoms with Crippen molar-refractivity contribution >= 4 is 51.5 Å². The van der Waals surface area contributed by atoms with Crippen LogP contribution in [-0.4, -0.2) is 29.9 Å². The highest BCUT2D eigenvalue weighted by molar-refractivity contribution is 14.1. The van der Waals surface area contributed by atoms with Crippen LogP contribution in [0.5, 0.6) is 5.75 Å². The predicted molar refractivity (Wildman–Crippen MR) is 103 cm³/mol. The van der Waals surface area contributed by atoms with Gasteiger partial charge in [0.15, 0.2) is 5.75 Å². The summed E-state index contributed by atoms with van der Waals surface area (Å²) in [5.74, 6) is -0.793. The third-order valence-electron chi connectivity index (χ3n) is 3.84. The van der Waals surface area contributed by atoms with Gasteiger partial charge in [0.1, 0.15) is 6.54 Å². The van der Waals surface area contributed by atoms with Crippen LogP contribution >= 0.6 is 22.6 Å². The number of carbonyl (C=O) groups excluding carboxylic acids is 2. The monoisotopic (exact) mass is 467 g/mol. The largest absolute Gasteiger partial charge is 0.423 e. The Bertz CT molecular complexity index is 915. The number of amides is 1. The molecule has 0 saturated carbocycles. The first-order valence-corrected chi connectivity index (χ1v) is 8.71. The number of nitrogens with one attached hydrogen (secondary N) is 1. The highest BCUT2D eigenvalue weighted by atomic mass is 127. The number of ether oxygens (including phenoxy) is 1. The molecule has 1 amide bonds. The number of hydrogen-bond acceptors (Lipinski definition) is 6. The second-order valence-electron chi connectivity index (χ2n) is 5.75. The van der Waals surface area contributed by atoms with Crippen molar-refractivity contribution in [1.82, 2.24) is 0 Å². The zero-order valence-electron chi connectivity index (χ0n) is 13.7. The molecular formula is C17H14IN3O5. The lowest BCUT2D eigenvalue weighted by atomic mass is 10.2. The Morgan fingerprint density at radius 3 is 2.81 bits per heavy atom. The van der Waals surface area contributed by atoms with Gasteiger partial charge in [0.25, 0.3) is 5.69 Å². The summed E-state index contributed by atoms with van der Waals surface area (Å²) < 4.78 is 6.13. The Morgan fingerprint density at radius 2 is 2.12 bits per heavy atom. The van der Waals surface area contributed by atoms with Gasteiger partial charge in [-0.2, -0.15) is 0 Å². The molecule has 8 nitrogen and oxygen atoms in total. The molecule has 0 spiro atoms. The minimum atomic E-state index is -0.573. The van der Waals surface area contributed by atoms with Crippen LogP contribution in [0.4, 0.5) is 17.1 Å². The maximum absolute atomic E-state index is 12.4. The number of non-ortho nitro benzene ring substituents is 1. The maximum atomic E-state index is 12.4. The van der Waals surface area contributed by atoms with E-state index in [2.05, 4.69) is 27.9 Å². The van der Waals surface area contributed by atoms with Gasteiger partial charge in [0.2, 0.25) is 5.91 Å². The fourth-order valence-electron chi connectivity index (χ4n) is 2.63. The second kappa shape index (κ2) is 7.28. The molecule has 1 N–H and O–H groups in total. The number of carbonyl (C=O) groups is 2. The van der Waals surface area contributed by atoms with Gasteiger partial charge < -0.3 is 15.0 Å². The van der Waals surface area contributed by atoms with Crippen LogP contribution in [0.3, 0.4) is 0 Å². The number of nitro groups is 1. The number of nitrogens with zero attached hydrogens (tertiary/aromatic N) is 2. The van der Waals surface area contributed by atoms with E-state index >= 15 is 0 Å². The lowest BCUT2D eigenvalue weighted by molar-refractivity contribution is -0.384. The Labute approximate surface area is 162 Å². The Hall–Kier alpha value is -2.69. The molecule has 1 heterocycles. The number of benzene rings is 2. The number of rotatable bonds is 4. The van der Waals surface area contributed by atoms with Gasteiger partial charge in [-0.1, -0.05) is 0 Å². The normalized spacial score (nSPS) is 13.0. The van der Waals surface area contributed by atoms with E-state index < -0.39 is 10.9 Å². The molecule has 3 rings (SSSR count). The van der Waals surface area contributed by atoms with Crippen LogP contribution in [-0.2, 0) is 9.59 Å². The van der Waals surface area contributed by atoms with Crippen molar-refractivity contribution in [3.05, 3.63) is 55.6 Å². The third-order valence-corrected chi connectivity index (χ3v) is 4.51. The highest BCUT2D eigenvalue weighted by Crippen LogP contribution is 2.35. The minimum Gasteiger partial charge on any atom is -0.423 e. The third kappa shape index (κ3) is 3.93. The van der Waals surface area contributed by atoms with Crippen molar-refractivity contribution in [2.45, 2.75) is 6.92 Å². The molecule has 134 valence electrons. The predicted octanol–water partition coefficient (Wildman–Crippen LogP) is 2.87. The molecule has 26 heavy (non-hydrogen) atoms. The van der Waals surface area contributed by atoms with Gasteiger partial charge in [0, 0.05) is 15.3 Å². The van der Waals surface area contributed by atoms with Crippen LogP contribution in [0, 0.1) is 20.6 Å². The van der Waals surface area contributed by atoms with Gasteiger partial charge in [-0.3, -0.25) is 14.9 Å². The molecule has 0 aromatic heterocycles. The van der Waals surface area contributed by atoms with Crippen LogP contribution in [0.2, 0.25) is 0 Å². The zero-order chi connectivity index (χ0) is 18.8. The van der Waals surface area contributed by atoms with Crippen molar-refractivity contribution in [3.63, 3.8) is 0 Å². The number of hydrogen-bond donors (Lipinski definition) is 1. The second-order valence-corrected chi connectivity index (χ2v) is 6.99. The average Bonchev–Trinajstić information content (AvgIpc) is 2.56. The summed E-state index contributed by atoms with van der Waals surface area (Å²) in [6.07, 6.45) is 0. The van der Waals surface area contributed by atoms with E-state index in [-0.39, 0.29) is 30.4 Å². The van der Waals surface area contributed by atoms with E-state index in [0.717, 1.165) is 9.13 Å². The van der Waals surface area contributed by atoms with E-state index in [1.54, 1.807) is 0 Å². The molecule has 1 aliphatic heterocycles.